The van der Waals surface area contributed by atoms with Crippen LogP contribution in [0.3, 0.4) is 0 Å². The van der Waals surface area contributed by atoms with Gasteiger partial charge in [0.05, 0.1) is 19.0 Å². The molecule has 4 bridgehead atoms. The Kier molecular flexibility index (Phi) is 19.7. The van der Waals surface area contributed by atoms with Crippen LogP contribution in [0.4, 0.5) is 0 Å². The molecule has 16 rings (SSSR count). The Morgan fingerprint density at radius 1 is 0.193 bits per heavy atom. The van der Waals surface area contributed by atoms with Gasteiger partial charge >= 0.3 is 0 Å². The molecule has 10 aromatic rings. The molecule has 10 aromatic carbocycles. The van der Waals surface area contributed by atoms with E-state index >= 15 is 0 Å². The fourth-order valence-corrected chi connectivity index (χ4v) is 24.0. The predicted molar refractivity (Wildman–Crippen MR) is 397 cm³/mol. The lowest BCUT2D eigenvalue weighted by Crippen LogP contribution is -2.64. The number of thioether (sulfide) groups is 4. The molecule has 6 aliphatic rings. The van der Waals surface area contributed by atoms with Gasteiger partial charge in [0.2, 0.25) is 0 Å². The molecule has 6 aliphatic carbocycles. The quantitative estimate of drug-likeness (QED) is 0.0304. The van der Waals surface area contributed by atoms with E-state index in [-0.39, 0.29) is 0 Å². The number of unbranched alkanes of at least 4 members (excludes halogenated alkanes) is 20. The maximum Gasteiger partial charge on any atom is 0.0892 e. The monoisotopic (exact) mass is 1230 g/mol. The van der Waals surface area contributed by atoms with Crippen molar-refractivity contribution in [1.82, 2.24) is 0 Å². The van der Waals surface area contributed by atoms with Crippen LogP contribution in [0.15, 0.2) is 170 Å². The van der Waals surface area contributed by atoms with E-state index in [1.165, 1.54) is 219 Å². The minimum atomic E-state index is -0.547. The standard InChI is InChI=1S/C84H96S4/c1-5-9-13-17-21-33-45-85-81-73-53-65-41-29-30-42-66(65)54-74(73)83(87-47-35-23-19-15-11-7-3,78-58-70-50-62-38-26-25-37-61(62)49-69(70)57-77(78)81)84(88-48-36-24-20-16-12-8-4)76-56-68-44-32-31-43-67(68)55-75(76)82(81,86-46-34-22-18-14-10-6-2)79-59-71-51-63-39-27-28-40-64(63)52-72(71)60-80(79)84/h25-32,37-44,49-60H,5-24,33-36,45-48H2,1-4H3/t81-,82-,83+,84+. The Balaban J connectivity index is 1.22. The maximum absolute atomic E-state index is 2.85. The molecule has 0 heterocycles. The first-order chi connectivity index (χ1) is 43.4. The van der Waals surface area contributed by atoms with Crippen molar-refractivity contribution in [3.8, 4) is 0 Å². The summed E-state index contributed by atoms with van der Waals surface area (Å²) in [6.45, 7) is 9.45. The van der Waals surface area contributed by atoms with E-state index in [9.17, 15) is 0 Å². The van der Waals surface area contributed by atoms with Crippen molar-refractivity contribution in [1.29, 1.82) is 0 Å². The lowest BCUT2D eigenvalue weighted by Gasteiger charge is -2.68. The summed E-state index contributed by atoms with van der Waals surface area (Å²) in [4.78, 5) is 0. The van der Waals surface area contributed by atoms with E-state index in [1.54, 1.807) is 44.5 Å². The Labute approximate surface area is 545 Å². The van der Waals surface area contributed by atoms with Crippen molar-refractivity contribution in [3.05, 3.63) is 214 Å². The normalized spacial score (nSPS) is 19.9. The summed E-state index contributed by atoms with van der Waals surface area (Å²) in [5.74, 6) is 4.39. The number of rotatable bonds is 32. The molecule has 4 atom stereocenters. The van der Waals surface area contributed by atoms with Crippen LogP contribution in [0.5, 0.6) is 0 Å². The maximum atomic E-state index is 2.85. The van der Waals surface area contributed by atoms with Gasteiger partial charge in [-0.15, -0.1) is 47.0 Å². The van der Waals surface area contributed by atoms with Crippen molar-refractivity contribution in [2.45, 2.75) is 201 Å². The van der Waals surface area contributed by atoms with Gasteiger partial charge in [-0.25, -0.2) is 0 Å². The molecule has 0 saturated carbocycles. The topological polar surface area (TPSA) is 0 Å². The molecule has 456 valence electrons. The molecule has 0 spiro atoms. The Morgan fingerprint density at radius 2 is 0.352 bits per heavy atom. The van der Waals surface area contributed by atoms with Gasteiger partial charge in [0.15, 0.2) is 0 Å². The van der Waals surface area contributed by atoms with Crippen LogP contribution >= 0.6 is 47.0 Å². The summed E-state index contributed by atoms with van der Waals surface area (Å²) in [7, 11) is 0. The van der Waals surface area contributed by atoms with Crippen LogP contribution in [-0.4, -0.2) is 23.0 Å². The smallest absolute Gasteiger partial charge is 0.0892 e. The zero-order valence-corrected chi connectivity index (χ0v) is 56.9. The largest absolute Gasteiger partial charge is 0.143 e. The first kappa shape index (κ1) is 62.0. The number of hydrogen-bond donors (Lipinski definition) is 0. The highest BCUT2D eigenvalue weighted by Crippen LogP contribution is 2.82. The van der Waals surface area contributed by atoms with Gasteiger partial charge in [-0.05, 0) is 231 Å². The van der Waals surface area contributed by atoms with Crippen LogP contribution in [0, 0.1) is 0 Å². The highest BCUT2D eigenvalue weighted by molar-refractivity contribution is 8.05. The van der Waals surface area contributed by atoms with Gasteiger partial charge in [0, 0.05) is 0 Å². The molecule has 0 amide bonds. The van der Waals surface area contributed by atoms with Crippen LogP contribution < -0.4 is 0 Å². The van der Waals surface area contributed by atoms with Crippen LogP contribution in [0.25, 0.3) is 64.6 Å². The molecule has 0 N–H and O–H groups in total. The average molecular weight is 1230 g/mol. The SMILES string of the molecule is CCCCCCCCS[C@]12c3cc4ccccc4cc3[C@](SCCCCCCCC)(c3cc4cc5ccccc5cc4cc31)[C@]1(SCCCCCCCC)c3cc4ccccc4cc3[C@@]2(SCCCCCCCC)c2cc3cc4ccccc4cc3cc21. The number of fused-ring (bicyclic) bond motifs is 6. The first-order valence-corrected chi connectivity index (χ1v) is 39.0. The molecule has 0 nitrogen and oxygen atoms in total. The van der Waals surface area contributed by atoms with Gasteiger partial charge in [-0.1, -0.05) is 253 Å². The summed E-state index contributed by atoms with van der Waals surface area (Å²) in [6, 6.07) is 70.5. The molecule has 0 fully saturated rings. The summed E-state index contributed by atoms with van der Waals surface area (Å²) in [5.41, 5.74) is 12.7. The molecule has 4 heteroatoms. The predicted octanol–water partition coefficient (Wildman–Crippen LogP) is 26.3. The van der Waals surface area contributed by atoms with E-state index in [0.29, 0.717) is 0 Å². The summed E-state index contributed by atoms with van der Waals surface area (Å²) in [6.07, 6.45) is 30.9. The van der Waals surface area contributed by atoms with Gasteiger partial charge in [0.25, 0.3) is 0 Å². The number of hydrogen-bond acceptors (Lipinski definition) is 4. The highest BCUT2D eigenvalue weighted by atomic mass is 32.2. The fourth-order valence-electron chi connectivity index (χ4n) is 16.4. The van der Waals surface area contributed by atoms with Crippen molar-refractivity contribution in [3.63, 3.8) is 0 Å². The lowest BCUT2D eigenvalue weighted by atomic mass is 9.50. The third kappa shape index (κ3) is 11.1. The van der Waals surface area contributed by atoms with Gasteiger partial charge in [0.1, 0.15) is 0 Å². The van der Waals surface area contributed by atoms with E-state index < -0.39 is 19.0 Å². The zero-order valence-electron chi connectivity index (χ0n) is 53.6. The van der Waals surface area contributed by atoms with E-state index in [4.69, 9.17) is 0 Å². The van der Waals surface area contributed by atoms with Gasteiger partial charge in [-0.3, -0.25) is 0 Å². The van der Waals surface area contributed by atoms with E-state index in [0.717, 1.165) is 23.0 Å². The highest BCUT2D eigenvalue weighted by Gasteiger charge is 2.74. The molecular weight excluding hydrogens is 1140 g/mol. The minimum Gasteiger partial charge on any atom is -0.143 e. The molecule has 88 heavy (non-hydrogen) atoms. The van der Waals surface area contributed by atoms with E-state index in [1.807, 2.05) is 0 Å². The summed E-state index contributed by atoms with van der Waals surface area (Å²) in [5, 5.41) is 16.4. The van der Waals surface area contributed by atoms with Gasteiger partial charge in [-0.2, -0.15) is 0 Å². The van der Waals surface area contributed by atoms with Crippen molar-refractivity contribution < 1.29 is 0 Å². The minimum absolute atomic E-state index is 0.547. The van der Waals surface area contributed by atoms with Crippen LogP contribution in [0.2, 0.25) is 0 Å². The molecule has 0 radical (unpaired) electrons. The van der Waals surface area contributed by atoms with Crippen LogP contribution in [0.1, 0.15) is 226 Å². The first-order valence-electron chi connectivity index (χ1n) is 35.0. The second kappa shape index (κ2) is 27.9. The lowest BCUT2D eigenvalue weighted by molar-refractivity contribution is 0.431. The third-order valence-corrected chi connectivity index (χ3v) is 27.7. The van der Waals surface area contributed by atoms with Crippen molar-refractivity contribution >= 4 is 112 Å². The summed E-state index contributed by atoms with van der Waals surface area (Å²) >= 11 is 9.51. The third-order valence-electron chi connectivity index (χ3n) is 20.7. The van der Waals surface area contributed by atoms with Crippen LogP contribution in [-0.2, 0) is 19.0 Å². The van der Waals surface area contributed by atoms with Gasteiger partial charge < -0.3 is 0 Å². The molecular formula is C84H96S4. The fraction of sp³-hybridized carbons (Fsp3) is 0.429. The molecule has 0 aromatic heterocycles. The van der Waals surface area contributed by atoms with E-state index in [2.05, 4.69) is 245 Å². The molecule has 0 saturated heterocycles. The molecule has 0 unspecified atom stereocenters. The molecule has 0 aliphatic heterocycles. The Bertz CT molecular complexity index is 3540. The number of benzene rings is 10. The second-order valence-electron chi connectivity index (χ2n) is 26.6. The average Bonchev–Trinajstić information content (AvgIpc) is 0.628. The Hall–Kier alpha value is -4.84. The Morgan fingerprint density at radius 3 is 0.545 bits per heavy atom. The zero-order chi connectivity index (χ0) is 60.0. The summed E-state index contributed by atoms with van der Waals surface area (Å²) < 4.78 is -2.19. The second-order valence-corrected chi connectivity index (χ2v) is 31.8. The van der Waals surface area contributed by atoms with Crippen molar-refractivity contribution in [2.24, 2.45) is 0 Å². The van der Waals surface area contributed by atoms with Crippen molar-refractivity contribution in [2.75, 3.05) is 23.0 Å².